The van der Waals surface area contributed by atoms with E-state index in [1.54, 1.807) is 12.3 Å². The average Bonchev–Trinajstić information content (AvgIpc) is 2.30. The third kappa shape index (κ3) is 3.23. The number of hydrogen-bond acceptors (Lipinski definition) is 3. The lowest BCUT2D eigenvalue weighted by Crippen LogP contribution is -2.44. The minimum atomic E-state index is -0.948. The van der Waals surface area contributed by atoms with Crippen LogP contribution in [-0.4, -0.2) is 35.3 Å². The minimum Gasteiger partial charge on any atom is -0.465 e. The lowest BCUT2D eigenvalue weighted by atomic mass is 10.0. The van der Waals surface area contributed by atoms with Gasteiger partial charge < -0.3 is 15.3 Å². The topological polar surface area (TPSA) is 65.5 Å². The first-order chi connectivity index (χ1) is 8.15. The zero-order chi connectivity index (χ0) is 12.3. The van der Waals surface area contributed by atoms with Crippen molar-refractivity contribution in [3.63, 3.8) is 0 Å². The predicted octanol–water partition coefficient (Wildman–Crippen LogP) is 1.97. The van der Waals surface area contributed by atoms with Crippen molar-refractivity contribution in [3.05, 3.63) is 23.5 Å². The Balaban J connectivity index is 1.90. The highest BCUT2D eigenvalue weighted by atomic mass is 35.5. The summed E-state index contributed by atoms with van der Waals surface area (Å²) in [6, 6.07) is 3.75. The Morgan fingerprint density at radius 3 is 2.71 bits per heavy atom. The highest BCUT2D eigenvalue weighted by molar-refractivity contribution is 6.29. The second-order valence-corrected chi connectivity index (χ2v) is 4.44. The Kier molecular flexibility index (Phi) is 3.68. The Bertz CT molecular complexity index is 388. The van der Waals surface area contributed by atoms with Gasteiger partial charge in [0, 0.05) is 19.1 Å². The quantitative estimate of drug-likeness (QED) is 0.793. The van der Waals surface area contributed by atoms with E-state index in [1.807, 2.05) is 6.07 Å². The zero-order valence-corrected chi connectivity index (χ0v) is 10.0. The molecule has 92 valence electrons. The standard InChI is InChI=1S/C11H14ClN3O2/c12-10-2-1-9(7-13-10)15-5-3-8(4-6-15)14-11(16)17/h1-2,7-8,14H,3-6H2,(H,16,17). The molecule has 1 saturated heterocycles. The molecule has 2 rings (SSSR count). The molecule has 0 aliphatic carbocycles. The van der Waals surface area contributed by atoms with Crippen molar-refractivity contribution in [1.29, 1.82) is 0 Å². The van der Waals surface area contributed by atoms with E-state index in [1.165, 1.54) is 0 Å². The summed E-state index contributed by atoms with van der Waals surface area (Å²) in [7, 11) is 0. The molecule has 1 fully saturated rings. The first-order valence-corrected chi connectivity index (χ1v) is 5.89. The number of anilines is 1. The molecule has 1 aliphatic rings. The average molecular weight is 256 g/mol. The van der Waals surface area contributed by atoms with Crippen LogP contribution in [0.25, 0.3) is 0 Å². The molecule has 0 radical (unpaired) electrons. The van der Waals surface area contributed by atoms with E-state index < -0.39 is 6.09 Å². The number of hydrogen-bond donors (Lipinski definition) is 2. The van der Waals surface area contributed by atoms with E-state index in [2.05, 4.69) is 15.2 Å². The van der Waals surface area contributed by atoms with Crippen molar-refractivity contribution in [2.24, 2.45) is 0 Å². The largest absolute Gasteiger partial charge is 0.465 e. The van der Waals surface area contributed by atoms with Crippen LogP contribution in [0.5, 0.6) is 0 Å². The van der Waals surface area contributed by atoms with Gasteiger partial charge in [0.1, 0.15) is 5.15 Å². The molecule has 1 aromatic rings. The molecule has 5 nitrogen and oxygen atoms in total. The lowest BCUT2D eigenvalue weighted by Gasteiger charge is -2.33. The molecule has 2 heterocycles. The molecule has 0 atom stereocenters. The van der Waals surface area contributed by atoms with Gasteiger partial charge in [-0.2, -0.15) is 0 Å². The van der Waals surface area contributed by atoms with Crippen molar-refractivity contribution in [2.45, 2.75) is 18.9 Å². The molecule has 0 unspecified atom stereocenters. The third-order valence-corrected chi connectivity index (χ3v) is 3.12. The Hall–Kier alpha value is -1.49. The van der Waals surface area contributed by atoms with Gasteiger partial charge >= 0.3 is 6.09 Å². The van der Waals surface area contributed by atoms with Crippen molar-refractivity contribution >= 4 is 23.4 Å². The SMILES string of the molecule is O=C(O)NC1CCN(c2ccc(Cl)nc2)CC1. The fourth-order valence-electron chi connectivity index (χ4n) is 2.01. The number of carboxylic acid groups (broad SMARTS) is 1. The maximum atomic E-state index is 10.5. The Morgan fingerprint density at radius 2 is 2.18 bits per heavy atom. The van der Waals surface area contributed by atoms with Crippen LogP contribution in [0.3, 0.4) is 0 Å². The van der Waals surface area contributed by atoms with Gasteiger partial charge in [-0.15, -0.1) is 0 Å². The number of aromatic nitrogens is 1. The van der Waals surface area contributed by atoms with Gasteiger partial charge in [-0.25, -0.2) is 9.78 Å². The monoisotopic (exact) mass is 255 g/mol. The van der Waals surface area contributed by atoms with Gasteiger partial charge in [0.25, 0.3) is 0 Å². The number of nitrogens with one attached hydrogen (secondary N) is 1. The summed E-state index contributed by atoms with van der Waals surface area (Å²) < 4.78 is 0. The second kappa shape index (κ2) is 5.23. The van der Waals surface area contributed by atoms with E-state index in [0.29, 0.717) is 5.15 Å². The second-order valence-electron chi connectivity index (χ2n) is 4.05. The highest BCUT2D eigenvalue weighted by Crippen LogP contribution is 2.20. The molecule has 0 saturated carbocycles. The molecule has 1 aromatic heterocycles. The van der Waals surface area contributed by atoms with Crippen molar-refractivity contribution in [2.75, 3.05) is 18.0 Å². The van der Waals surface area contributed by atoms with E-state index >= 15 is 0 Å². The summed E-state index contributed by atoms with van der Waals surface area (Å²) in [5.41, 5.74) is 1.03. The molecule has 6 heteroatoms. The van der Waals surface area contributed by atoms with Crippen molar-refractivity contribution in [1.82, 2.24) is 10.3 Å². The number of halogens is 1. The van der Waals surface area contributed by atoms with Gasteiger partial charge in [-0.3, -0.25) is 0 Å². The van der Waals surface area contributed by atoms with E-state index in [-0.39, 0.29) is 6.04 Å². The molecule has 2 N–H and O–H groups in total. The summed E-state index contributed by atoms with van der Waals surface area (Å²) in [4.78, 5) is 16.7. The maximum absolute atomic E-state index is 10.5. The van der Waals surface area contributed by atoms with Crippen LogP contribution in [0, 0.1) is 0 Å². The maximum Gasteiger partial charge on any atom is 0.404 e. The molecule has 0 bridgehead atoms. The number of rotatable bonds is 2. The normalized spacial score (nSPS) is 16.9. The van der Waals surface area contributed by atoms with Gasteiger partial charge in [0.15, 0.2) is 0 Å². The van der Waals surface area contributed by atoms with E-state index in [4.69, 9.17) is 16.7 Å². The number of pyridine rings is 1. The van der Waals surface area contributed by atoms with Gasteiger partial charge in [0.05, 0.1) is 11.9 Å². The fourth-order valence-corrected chi connectivity index (χ4v) is 2.12. The number of amides is 1. The van der Waals surface area contributed by atoms with Crippen molar-refractivity contribution < 1.29 is 9.90 Å². The number of nitrogens with zero attached hydrogens (tertiary/aromatic N) is 2. The van der Waals surface area contributed by atoms with Crippen LogP contribution in [0.2, 0.25) is 5.15 Å². The molecule has 17 heavy (non-hydrogen) atoms. The predicted molar refractivity (Wildman–Crippen MR) is 65.6 cm³/mol. The summed E-state index contributed by atoms with van der Waals surface area (Å²) >= 11 is 5.73. The van der Waals surface area contributed by atoms with Crippen LogP contribution in [0.15, 0.2) is 18.3 Å². The lowest BCUT2D eigenvalue weighted by molar-refractivity contribution is 0.187. The van der Waals surface area contributed by atoms with Crippen LogP contribution in [0.4, 0.5) is 10.5 Å². The summed E-state index contributed by atoms with van der Waals surface area (Å²) in [5, 5.41) is 11.6. The minimum absolute atomic E-state index is 0.0593. The highest BCUT2D eigenvalue weighted by Gasteiger charge is 2.20. The van der Waals surface area contributed by atoms with Crippen LogP contribution < -0.4 is 10.2 Å². The van der Waals surface area contributed by atoms with Gasteiger partial charge in [0.2, 0.25) is 0 Å². The third-order valence-electron chi connectivity index (χ3n) is 2.90. The number of carbonyl (C=O) groups is 1. The summed E-state index contributed by atoms with van der Waals surface area (Å²) in [6.45, 7) is 1.66. The molecule has 1 aliphatic heterocycles. The van der Waals surface area contributed by atoms with E-state index in [9.17, 15) is 4.79 Å². The Labute approximate surface area is 104 Å². The number of piperidine rings is 1. The first kappa shape index (κ1) is 12.0. The zero-order valence-electron chi connectivity index (χ0n) is 9.27. The summed E-state index contributed by atoms with van der Waals surface area (Å²) in [5.74, 6) is 0. The first-order valence-electron chi connectivity index (χ1n) is 5.51. The molecule has 0 aromatic carbocycles. The molecule has 1 amide bonds. The molecule has 0 spiro atoms. The van der Waals surface area contributed by atoms with E-state index in [0.717, 1.165) is 31.6 Å². The smallest absolute Gasteiger partial charge is 0.404 e. The fraction of sp³-hybridized carbons (Fsp3) is 0.455. The van der Waals surface area contributed by atoms with Crippen LogP contribution >= 0.6 is 11.6 Å². The van der Waals surface area contributed by atoms with Crippen molar-refractivity contribution in [3.8, 4) is 0 Å². The summed E-state index contributed by atoms with van der Waals surface area (Å²) in [6.07, 6.45) is 2.42. The van der Waals surface area contributed by atoms with Gasteiger partial charge in [-0.05, 0) is 25.0 Å². The Morgan fingerprint density at radius 1 is 1.47 bits per heavy atom. The molecular formula is C11H14ClN3O2. The van der Waals surface area contributed by atoms with Crippen LogP contribution in [0.1, 0.15) is 12.8 Å². The molecular weight excluding hydrogens is 242 g/mol. The van der Waals surface area contributed by atoms with Gasteiger partial charge in [-0.1, -0.05) is 11.6 Å². The van der Waals surface area contributed by atoms with Crippen LogP contribution in [-0.2, 0) is 0 Å².